The first-order valence-corrected chi connectivity index (χ1v) is 12.6. The maximum atomic E-state index is 12.7. The van der Waals surface area contributed by atoms with Crippen LogP contribution in [0.4, 0.5) is 5.69 Å². The van der Waals surface area contributed by atoms with Gasteiger partial charge in [-0.2, -0.15) is 0 Å². The van der Waals surface area contributed by atoms with Crippen molar-refractivity contribution in [3.05, 3.63) is 77.9 Å². The zero-order chi connectivity index (χ0) is 25.7. The average Bonchev–Trinajstić information content (AvgIpc) is 3.31. The van der Waals surface area contributed by atoms with E-state index in [9.17, 15) is 4.79 Å². The van der Waals surface area contributed by atoms with Gasteiger partial charge in [-0.3, -0.25) is 10.1 Å². The van der Waals surface area contributed by atoms with E-state index in [0.29, 0.717) is 35.6 Å². The summed E-state index contributed by atoms with van der Waals surface area (Å²) in [5, 5.41) is 5.99. The number of oxazole rings is 1. The van der Waals surface area contributed by atoms with Crippen molar-refractivity contribution in [2.24, 2.45) is 5.92 Å². The largest absolute Gasteiger partial charge is 0.493 e. The molecule has 0 bridgehead atoms. The number of nitrogens with one attached hydrogen (secondary N) is 2. The molecule has 0 fully saturated rings. The van der Waals surface area contributed by atoms with Crippen LogP contribution in [0.1, 0.15) is 56.0 Å². The van der Waals surface area contributed by atoms with Crippen LogP contribution in [0.3, 0.4) is 0 Å². The van der Waals surface area contributed by atoms with Gasteiger partial charge in [-0.25, -0.2) is 4.98 Å². The van der Waals surface area contributed by atoms with E-state index >= 15 is 0 Å². The van der Waals surface area contributed by atoms with E-state index in [0.717, 1.165) is 28.8 Å². The van der Waals surface area contributed by atoms with Crippen LogP contribution < -0.4 is 15.4 Å². The second kappa shape index (κ2) is 11.4. The van der Waals surface area contributed by atoms with Crippen LogP contribution in [0.5, 0.6) is 5.75 Å². The summed E-state index contributed by atoms with van der Waals surface area (Å²) in [5.41, 5.74) is 4.83. The second-order valence-corrected chi connectivity index (χ2v) is 9.69. The van der Waals surface area contributed by atoms with Crippen LogP contribution in [-0.2, 0) is 0 Å². The number of hydrogen-bond donors (Lipinski definition) is 2. The van der Waals surface area contributed by atoms with Gasteiger partial charge in [0, 0.05) is 16.8 Å². The zero-order valence-corrected chi connectivity index (χ0v) is 21.8. The Hall–Kier alpha value is -3.71. The smallest absolute Gasteiger partial charge is 0.257 e. The first-order chi connectivity index (χ1) is 17.3. The van der Waals surface area contributed by atoms with Crippen molar-refractivity contribution in [3.63, 3.8) is 0 Å². The Morgan fingerprint density at radius 2 is 1.86 bits per heavy atom. The maximum Gasteiger partial charge on any atom is 0.257 e. The molecular weight excluding hydrogens is 470 g/mol. The molecular formula is C29H31N3O3S. The predicted octanol–water partition coefficient (Wildman–Crippen LogP) is 7.17. The van der Waals surface area contributed by atoms with E-state index in [-0.39, 0.29) is 11.0 Å². The number of aromatic nitrogens is 1. The third-order valence-electron chi connectivity index (χ3n) is 5.87. The molecule has 1 atom stereocenters. The average molecular weight is 502 g/mol. The van der Waals surface area contributed by atoms with Crippen molar-refractivity contribution in [1.29, 1.82) is 0 Å². The summed E-state index contributed by atoms with van der Waals surface area (Å²) in [4.78, 5) is 17.4. The highest BCUT2D eigenvalue weighted by molar-refractivity contribution is 7.80. The van der Waals surface area contributed by atoms with Gasteiger partial charge in [-0.05, 0) is 84.6 Å². The molecule has 6 nitrogen and oxygen atoms in total. The van der Waals surface area contributed by atoms with Crippen molar-refractivity contribution in [2.45, 2.75) is 40.0 Å². The van der Waals surface area contributed by atoms with E-state index in [1.165, 1.54) is 5.56 Å². The molecule has 0 saturated heterocycles. The highest BCUT2D eigenvalue weighted by atomic mass is 32.1. The summed E-state index contributed by atoms with van der Waals surface area (Å²) >= 11 is 5.38. The molecule has 0 aliphatic heterocycles. The number of rotatable bonds is 8. The summed E-state index contributed by atoms with van der Waals surface area (Å²) in [6.45, 7) is 9.11. The Morgan fingerprint density at radius 1 is 1.06 bits per heavy atom. The summed E-state index contributed by atoms with van der Waals surface area (Å²) in [6, 6.07) is 20.8. The molecule has 0 spiro atoms. The number of thiocarbonyl (C=S) groups is 1. The number of nitrogens with zero attached hydrogens (tertiary/aromatic N) is 1. The third kappa shape index (κ3) is 6.29. The lowest BCUT2D eigenvalue weighted by Crippen LogP contribution is -2.34. The highest BCUT2D eigenvalue weighted by Crippen LogP contribution is 2.29. The zero-order valence-electron chi connectivity index (χ0n) is 21.0. The van der Waals surface area contributed by atoms with Gasteiger partial charge >= 0.3 is 0 Å². The van der Waals surface area contributed by atoms with E-state index in [2.05, 4.69) is 50.5 Å². The van der Waals surface area contributed by atoms with Gasteiger partial charge in [0.15, 0.2) is 10.7 Å². The van der Waals surface area contributed by atoms with Gasteiger partial charge in [0.2, 0.25) is 5.89 Å². The Kier molecular flexibility index (Phi) is 8.00. The Morgan fingerprint density at radius 3 is 2.64 bits per heavy atom. The molecule has 3 aromatic carbocycles. The fraction of sp³-hybridized carbons (Fsp3) is 0.276. The topological polar surface area (TPSA) is 76.4 Å². The van der Waals surface area contributed by atoms with Crippen LogP contribution in [0.2, 0.25) is 0 Å². The first kappa shape index (κ1) is 25.4. The monoisotopic (exact) mass is 501 g/mol. The first-order valence-electron chi connectivity index (χ1n) is 12.2. The molecule has 0 saturated carbocycles. The molecule has 7 heteroatoms. The minimum Gasteiger partial charge on any atom is -0.493 e. The highest BCUT2D eigenvalue weighted by Gasteiger charge is 2.13. The van der Waals surface area contributed by atoms with Gasteiger partial charge < -0.3 is 14.5 Å². The molecule has 4 aromatic rings. The van der Waals surface area contributed by atoms with Gasteiger partial charge in [-0.15, -0.1) is 0 Å². The molecule has 186 valence electrons. The molecule has 0 radical (unpaired) electrons. The number of ether oxygens (including phenoxy) is 1. The SMILES string of the molecule is CC[C@@H](C)c1ccc2oc(-c3cccc(NC(=S)NC(=O)c4cccc(OCC(C)C)c4)c3)nc2c1. The standard InChI is InChI=1S/C29H31N3O3S/c1-5-19(4)20-12-13-26-25(16-20)31-28(35-26)22-9-6-10-23(14-22)30-29(36)32-27(33)21-8-7-11-24(15-21)34-17-18(2)3/h6-16,18-19H,5,17H2,1-4H3,(H2,30,32,33,36)/t19-/m1/s1. The van der Waals surface area contributed by atoms with Gasteiger partial charge in [0.05, 0.1) is 6.61 Å². The third-order valence-corrected chi connectivity index (χ3v) is 6.07. The van der Waals surface area contributed by atoms with Crippen LogP contribution in [0.25, 0.3) is 22.6 Å². The molecule has 0 aliphatic carbocycles. The summed E-state index contributed by atoms with van der Waals surface area (Å²) in [6.07, 6.45) is 1.07. The van der Waals surface area contributed by atoms with E-state index in [1.54, 1.807) is 18.2 Å². The van der Waals surface area contributed by atoms with E-state index in [1.807, 2.05) is 36.4 Å². The van der Waals surface area contributed by atoms with Crippen LogP contribution in [-0.4, -0.2) is 22.6 Å². The number of carbonyl (C=O) groups excluding carboxylic acids is 1. The van der Waals surface area contributed by atoms with Crippen LogP contribution in [0.15, 0.2) is 71.1 Å². The van der Waals surface area contributed by atoms with E-state index < -0.39 is 0 Å². The lowest BCUT2D eigenvalue weighted by molar-refractivity contribution is 0.0977. The molecule has 1 heterocycles. The second-order valence-electron chi connectivity index (χ2n) is 9.28. The van der Waals surface area contributed by atoms with E-state index in [4.69, 9.17) is 26.4 Å². The number of hydrogen-bond acceptors (Lipinski definition) is 5. The lowest BCUT2D eigenvalue weighted by Gasteiger charge is -2.12. The number of carbonyl (C=O) groups is 1. The van der Waals surface area contributed by atoms with Gasteiger partial charge in [0.1, 0.15) is 11.3 Å². The summed E-state index contributed by atoms with van der Waals surface area (Å²) < 4.78 is 11.7. The Balaban J connectivity index is 1.43. The van der Waals surface area contributed by atoms with Crippen molar-refractivity contribution in [1.82, 2.24) is 10.3 Å². The molecule has 1 amide bonds. The normalized spacial score (nSPS) is 11.9. The van der Waals surface area contributed by atoms with Crippen molar-refractivity contribution in [3.8, 4) is 17.2 Å². The molecule has 0 aliphatic rings. The predicted molar refractivity (Wildman–Crippen MR) is 149 cm³/mol. The van der Waals surface area contributed by atoms with Gasteiger partial charge in [0.25, 0.3) is 5.91 Å². The van der Waals surface area contributed by atoms with Crippen LogP contribution >= 0.6 is 12.2 Å². The molecule has 1 aromatic heterocycles. The number of fused-ring (bicyclic) bond motifs is 1. The van der Waals surface area contributed by atoms with Crippen molar-refractivity contribution >= 4 is 40.0 Å². The van der Waals surface area contributed by atoms with Crippen molar-refractivity contribution < 1.29 is 13.9 Å². The summed E-state index contributed by atoms with van der Waals surface area (Å²) in [7, 11) is 0. The molecule has 4 rings (SSSR count). The number of anilines is 1. The Bertz CT molecular complexity index is 1380. The minimum absolute atomic E-state index is 0.196. The number of benzene rings is 3. The quantitative estimate of drug-likeness (QED) is 0.249. The minimum atomic E-state index is -0.310. The molecule has 2 N–H and O–H groups in total. The fourth-order valence-electron chi connectivity index (χ4n) is 3.67. The maximum absolute atomic E-state index is 12.7. The lowest BCUT2D eigenvalue weighted by atomic mass is 9.98. The Labute approximate surface area is 217 Å². The molecule has 0 unspecified atom stereocenters. The number of amides is 1. The van der Waals surface area contributed by atoms with Gasteiger partial charge in [-0.1, -0.05) is 45.9 Å². The molecule has 36 heavy (non-hydrogen) atoms. The van der Waals surface area contributed by atoms with Crippen LogP contribution in [0, 0.1) is 5.92 Å². The fourth-order valence-corrected chi connectivity index (χ4v) is 3.88. The summed E-state index contributed by atoms with van der Waals surface area (Å²) in [5.74, 6) is 1.73. The van der Waals surface area contributed by atoms with Crippen molar-refractivity contribution in [2.75, 3.05) is 11.9 Å².